The third-order valence-electron chi connectivity index (χ3n) is 5.14. The number of hydrogen-bond acceptors (Lipinski definition) is 7. The van der Waals surface area contributed by atoms with Crippen molar-refractivity contribution in [2.75, 3.05) is 4.90 Å². The van der Waals surface area contributed by atoms with Crippen LogP contribution >= 0.6 is 0 Å². The second-order valence-corrected chi connectivity index (χ2v) is 8.53. The van der Waals surface area contributed by atoms with E-state index >= 15 is 0 Å². The fourth-order valence-electron chi connectivity index (χ4n) is 3.82. The molecule has 11 heteroatoms. The second-order valence-electron chi connectivity index (χ2n) is 6.79. The summed E-state index contributed by atoms with van der Waals surface area (Å²) in [6.07, 6.45) is -0.128. The van der Waals surface area contributed by atoms with Crippen LogP contribution in [-0.2, 0) is 19.6 Å². The zero-order valence-electron chi connectivity index (χ0n) is 15.1. The molecule has 2 aromatic rings. The van der Waals surface area contributed by atoms with E-state index in [2.05, 4.69) is 0 Å². The van der Waals surface area contributed by atoms with Gasteiger partial charge in [-0.3, -0.25) is 24.0 Å². The van der Waals surface area contributed by atoms with Crippen LogP contribution in [-0.4, -0.2) is 47.4 Å². The lowest BCUT2D eigenvalue weighted by molar-refractivity contribution is -0.121. The van der Waals surface area contributed by atoms with Crippen molar-refractivity contribution < 1.29 is 32.4 Å². The van der Waals surface area contributed by atoms with Crippen LogP contribution in [0.25, 0.3) is 0 Å². The average Bonchev–Trinajstić information content (AvgIpc) is 3.25. The molecular weight excluding hydrogens is 414 g/mol. The van der Waals surface area contributed by atoms with Gasteiger partial charge in [-0.1, -0.05) is 18.2 Å². The maximum atomic E-state index is 13.2. The summed E-state index contributed by atoms with van der Waals surface area (Å²) in [5, 5.41) is 0.278. The lowest BCUT2D eigenvalue weighted by atomic mass is 10.1. The summed E-state index contributed by atoms with van der Waals surface area (Å²) in [4.78, 5) is 63.3. The van der Waals surface area contributed by atoms with Crippen molar-refractivity contribution in [1.29, 1.82) is 0 Å². The number of nitrogens with zero attached hydrogens (tertiary/aromatic N) is 3. The van der Waals surface area contributed by atoms with E-state index in [0.29, 0.717) is 0 Å². The predicted molar refractivity (Wildman–Crippen MR) is 98.5 cm³/mol. The van der Waals surface area contributed by atoms with Crippen LogP contribution in [0.3, 0.4) is 0 Å². The number of carbonyl (C=O) groups is 5. The van der Waals surface area contributed by atoms with Crippen LogP contribution in [0.15, 0.2) is 47.4 Å². The van der Waals surface area contributed by atoms with Gasteiger partial charge in [0.25, 0.3) is 27.7 Å². The largest absolute Gasteiger partial charge is 0.291 e. The number of hydrazine groups is 1. The summed E-state index contributed by atoms with van der Waals surface area (Å²) < 4.78 is 26.4. The number of amides is 5. The number of rotatable bonds is 2. The van der Waals surface area contributed by atoms with Gasteiger partial charge in [-0.2, -0.15) is 13.4 Å². The molecule has 0 bridgehead atoms. The van der Waals surface area contributed by atoms with Gasteiger partial charge >= 0.3 is 0 Å². The summed E-state index contributed by atoms with van der Waals surface area (Å²) in [7, 11) is -4.63. The number of carbonyl (C=O) groups excluding carboxylic acids is 5. The van der Waals surface area contributed by atoms with E-state index in [1.807, 2.05) is 0 Å². The maximum Gasteiger partial charge on any atom is 0.291 e. The summed E-state index contributed by atoms with van der Waals surface area (Å²) in [6.45, 7) is 0. The average molecular weight is 425 g/mol. The highest BCUT2D eigenvalue weighted by Crippen LogP contribution is 2.40. The van der Waals surface area contributed by atoms with Gasteiger partial charge in [0.1, 0.15) is 4.90 Å². The summed E-state index contributed by atoms with van der Waals surface area (Å²) in [5.74, 6) is -4.26. The van der Waals surface area contributed by atoms with E-state index in [9.17, 15) is 32.4 Å². The summed E-state index contributed by atoms with van der Waals surface area (Å²) in [6, 6.07) is 9.39. The minimum Gasteiger partial charge on any atom is -0.274 e. The van der Waals surface area contributed by atoms with Crippen LogP contribution in [0.1, 0.15) is 43.9 Å². The van der Waals surface area contributed by atoms with Crippen LogP contribution in [0.5, 0.6) is 0 Å². The van der Waals surface area contributed by atoms with Crippen molar-refractivity contribution in [2.24, 2.45) is 0 Å². The van der Waals surface area contributed by atoms with Gasteiger partial charge in [-0.15, -0.1) is 4.41 Å². The molecule has 5 rings (SSSR count). The van der Waals surface area contributed by atoms with Gasteiger partial charge in [0, 0.05) is 12.8 Å². The van der Waals surface area contributed by atoms with Crippen molar-refractivity contribution in [3.8, 4) is 0 Å². The number of benzene rings is 2. The fourth-order valence-corrected chi connectivity index (χ4v) is 5.38. The molecule has 2 aromatic carbocycles. The van der Waals surface area contributed by atoms with E-state index in [-0.39, 0.29) is 39.1 Å². The Labute approximate surface area is 169 Å². The smallest absolute Gasteiger partial charge is 0.274 e. The lowest BCUT2D eigenvalue weighted by Gasteiger charge is -2.23. The van der Waals surface area contributed by atoms with Gasteiger partial charge in [-0.25, -0.2) is 4.90 Å². The molecule has 1 saturated heterocycles. The molecule has 0 aliphatic carbocycles. The Kier molecular flexibility index (Phi) is 3.53. The highest BCUT2D eigenvalue weighted by atomic mass is 32.2. The van der Waals surface area contributed by atoms with Crippen molar-refractivity contribution >= 4 is 45.2 Å². The molecule has 150 valence electrons. The number of anilines is 1. The molecular formula is C19H11N3O7S. The molecule has 0 atom stereocenters. The SMILES string of the molecule is O=C1CCC(=O)N1c1cccc2c1C(=O)N(N1C(=O)c3ccccc3C1=O)S2(=O)=O. The van der Waals surface area contributed by atoms with Gasteiger partial charge in [0.2, 0.25) is 11.8 Å². The van der Waals surface area contributed by atoms with Crippen molar-refractivity contribution in [2.45, 2.75) is 17.7 Å². The molecule has 0 saturated carbocycles. The molecule has 1 fully saturated rings. The van der Waals surface area contributed by atoms with E-state index in [1.54, 1.807) is 0 Å². The topological polar surface area (TPSA) is 129 Å². The monoisotopic (exact) mass is 425 g/mol. The highest BCUT2D eigenvalue weighted by Gasteiger charge is 2.53. The molecule has 30 heavy (non-hydrogen) atoms. The van der Waals surface area contributed by atoms with Gasteiger partial charge < -0.3 is 0 Å². The third-order valence-corrected chi connectivity index (χ3v) is 6.82. The van der Waals surface area contributed by atoms with Crippen molar-refractivity contribution in [3.05, 3.63) is 59.2 Å². The molecule has 0 N–H and O–H groups in total. The molecule has 10 nitrogen and oxygen atoms in total. The molecule has 3 heterocycles. The Morgan fingerprint density at radius 2 is 1.27 bits per heavy atom. The number of hydrogen-bond donors (Lipinski definition) is 0. The second kappa shape index (κ2) is 5.83. The first-order chi connectivity index (χ1) is 14.2. The Balaban J connectivity index is 1.67. The Morgan fingerprint density at radius 3 is 1.83 bits per heavy atom. The number of imide groups is 2. The normalized spacial score (nSPS) is 19.7. The number of fused-ring (bicyclic) bond motifs is 2. The van der Waals surface area contributed by atoms with E-state index in [1.165, 1.54) is 36.4 Å². The van der Waals surface area contributed by atoms with Crippen molar-refractivity contribution in [3.63, 3.8) is 0 Å². The first-order valence-corrected chi connectivity index (χ1v) is 10.3. The molecule has 0 unspecified atom stereocenters. The van der Waals surface area contributed by atoms with Crippen molar-refractivity contribution in [1.82, 2.24) is 9.42 Å². The first kappa shape index (κ1) is 18.2. The minimum atomic E-state index is -4.63. The fraction of sp³-hybridized carbons (Fsp3) is 0.105. The molecule has 3 aliphatic rings. The van der Waals surface area contributed by atoms with E-state index < -0.39 is 50.0 Å². The number of sulfonamides is 1. The summed E-state index contributed by atoms with van der Waals surface area (Å²) >= 11 is 0. The Hall–Kier alpha value is -3.86. The minimum absolute atomic E-state index is 0.0356. The molecule has 3 aliphatic heterocycles. The van der Waals surface area contributed by atoms with Crippen LogP contribution in [0.4, 0.5) is 5.69 Å². The van der Waals surface area contributed by atoms with Crippen LogP contribution < -0.4 is 4.90 Å². The lowest BCUT2D eigenvalue weighted by Crippen LogP contribution is -2.49. The van der Waals surface area contributed by atoms with Crippen LogP contribution in [0, 0.1) is 0 Å². The van der Waals surface area contributed by atoms with E-state index in [4.69, 9.17) is 0 Å². The Bertz CT molecular complexity index is 1280. The maximum absolute atomic E-state index is 13.2. The third kappa shape index (κ3) is 2.12. The Morgan fingerprint density at radius 1 is 0.700 bits per heavy atom. The van der Waals surface area contributed by atoms with Gasteiger partial charge in [0.05, 0.1) is 22.4 Å². The standard InChI is InChI=1S/C19H11N3O7S/c23-14-8-9-15(24)20(14)12-6-3-7-13-16(12)19(27)22(30(13,28)29)21-17(25)10-4-1-2-5-11(10)18(21)26/h1-7H,8-9H2. The summed E-state index contributed by atoms with van der Waals surface area (Å²) in [5.41, 5.74) is -0.691. The highest BCUT2D eigenvalue weighted by molar-refractivity contribution is 7.90. The zero-order chi connectivity index (χ0) is 21.4. The van der Waals surface area contributed by atoms with Crippen LogP contribution in [0.2, 0.25) is 0 Å². The predicted octanol–water partition coefficient (Wildman–Crippen LogP) is 0.696. The molecule has 0 aromatic heterocycles. The molecule has 0 radical (unpaired) electrons. The first-order valence-electron chi connectivity index (χ1n) is 8.81. The zero-order valence-corrected chi connectivity index (χ0v) is 15.9. The molecule has 5 amide bonds. The molecule has 0 spiro atoms. The van der Waals surface area contributed by atoms with E-state index in [0.717, 1.165) is 11.0 Å². The van der Waals surface area contributed by atoms with Gasteiger partial charge in [0.15, 0.2) is 0 Å². The van der Waals surface area contributed by atoms with Gasteiger partial charge in [-0.05, 0) is 24.3 Å². The quantitative estimate of drug-likeness (QED) is 0.648.